The van der Waals surface area contributed by atoms with E-state index in [9.17, 15) is 4.79 Å². The molecule has 3 nitrogen and oxygen atoms in total. The Morgan fingerprint density at radius 3 is 2.77 bits per heavy atom. The Hall–Kier alpha value is -0.571. The zero-order valence-electron chi connectivity index (χ0n) is 7.23. The van der Waals surface area contributed by atoms with Crippen LogP contribution < -0.4 is 4.90 Å². The van der Waals surface area contributed by atoms with Gasteiger partial charge in [-0.05, 0) is 0 Å². The average molecular weight is 244 g/mol. The Kier molecular flexibility index (Phi) is 2.83. The van der Waals surface area contributed by atoms with Gasteiger partial charge in [0.1, 0.15) is 0 Å². The van der Waals surface area contributed by atoms with E-state index in [1.54, 1.807) is 0 Å². The molecule has 0 N–H and O–H groups in total. The van der Waals surface area contributed by atoms with Gasteiger partial charge in [-0.15, -0.1) is 0 Å². The number of rotatable bonds is 2. The topological polar surface area (TPSA) is 29.5 Å². The van der Waals surface area contributed by atoms with E-state index in [4.69, 9.17) is 4.74 Å². The minimum atomic E-state index is 0.235. The molecule has 0 radical (unpaired) electrons. The van der Waals surface area contributed by atoms with Gasteiger partial charge in [-0.3, -0.25) is 0 Å². The standard InChI is InChI=1S/C9H11NO2Se/c11-7-8-1-2-9(13-8)10-3-5-12-6-4-10/h1-2,7H,3-6H2. The van der Waals surface area contributed by atoms with E-state index in [1.807, 2.05) is 6.07 Å². The van der Waals surface area contributed by atoms with E-state index in [-0.39, 0.29) is 14.5 Å². The van der Waals surface area contributed by atoms with E-state index in [1.165, 1.54) is 4.56 Å². The van der Waals surface area contributed by atoms with Crippen molar-refractivity contribution in [2.45, 2.75) is 0 Å². The van der Waals surface area contributed by atoms with Crippen LogP contribution in [0.15, 0.2) is 12.1 Å². The van der Waals surface area contributed by atoms with Crippen LogP contribution in [0.25, 0.3) is 0 Å². The fourth-order valence-electron chi connectivity index (χ4n) is 1.36. The number of carbonyl (C=O) groups excluding carboxylic acids is 1. The molecule has 2 rings (SSSR count). The molecule has 1 aromatic heterocycles. The van der Waals surface area contributed by atoms with Crippen LogP contribution in [0, 0.1) is 0 Å². The van der Waals surface area contributed by atoms with E-state index in [0.717, 1.165) is 37.0 Å². The molecule has 1 aliphatic heterocycles. The van der Waals surface area contributed by atoms with Gasteiger partial charge in [-0.1, -0.05) is 0 Å². The van der Waals surface area contributed by atoms with Gasteiger partial charge in [0, 0.05) is 0 Å². The van der Waals surface area contributed by atoms with Crippen molar-refractivity contribution in [3.8, 4) is 0 Å². The van der Waals surface area contributed by atoms with Gasteiger partial charge in [-0.2, -0.15) is 0 Å². The first-order valence-corrected chi connectivity index (χ1v) is 5.99. The number of anilines is 1. The van der Waals surface area contributed by atoms with Crippen LogP contribution in [-0.4, -0.2) is 47.1 Å². The maximum atomic E-state index is 10.5. The molecule has 0 saturated carbocycles. The van der Waals surface area contributed by atoms with Crippen molar-refractivity contribution in [2.75, 3.05) is 31.2 Å². The fraction of sp³-hybridized carbons (Fsp3) is 0.444. The SMILES string of the molecule is O=Cc1ccc(N2CCOCC2)[se]1. The molecule has 70 valence electrons. The molecule has 0 spiro atoms. The van der Waals surface area contributed by atoms with E-state index < -0.39 is 0 Å². The zero-order valence-corrected chi connectivity index (χ0v) is 8.95. The first kappa shape index (κ1) is 9.00. The average Bonchev–Trinajstić information content (AvgIpc) is 2.67. The summed E-state index contributed by atoms with van der Waals surface area (Å²) in [6, 6.07) is 3.99. The Morgan fingerprint density at radius 1 is 1.38 bits per heavy atom. The van der Waals surface area contributed by atoms with Crippen molar-refractivity contribution < 1.29 is 9.53 Å². The molecule has 0 aliphatic carbocycles. The van der Waals surface area contributed by atoms with Crippen LogP contribution in [0.2, 0.25) is 0 Å². The molecule has 0 atom stereocenters. The minimum absolute atomic E-state index is 0.235. The van der Waals surface area contributed by atoms with Crippen LogP contribution in [-0.2, 0) is 4.74 Å². The molecule has 0 aromatic carbocycles. The zero-order chi connectivity index (χ0) is 9.10. The number of hydrogen-bond acceptors (Lipinski definition) is 3. The summed E-state index contributed by atoms with van der Waals surface area (Å²) in [5.41, 5.74) is 0. The number of hydrogen-bond donors (Lipinski definition) is 0. The first-order chi connectivity index (χ1) is 6.40. The second-order valence-electron chi connectivity index (χ2n) is 2.89. The summed E-state index contributed by atoms with van der Waals surface area (Å²) in [4.78, 5) is 12.8. The van der Waals surface area contributed by atoms with Gasteiger partial charge in [0.25, 0.3) is 0 Å². The van der Waals surface area contributed by atoms with E-state index in [2.05, 4.69) is 11.0 Å². The molecule has 1 aromatic rings. The molecule has 13 heavy (non-hydrogen) atoms. The van der Waals surface area contributed by atoms with E-state index >= 15 is 0 Å². The van der Waals surface area contributed by atoms with Gasteiger partial charge >= 0.3 is 82.7 Å². The van der Waals surface area contributed by atoms with Gasteiger partial charge < -0.3 is 0 Å². The summed E-state index contributed by atoms with van der Waals surface area (Å²) in [6.07, 6.45) is 0.962. The third kappa shape index (κ3) is 2.02. The summed E-state index contributed by atoms with van der Waals surface area (Å²) in [5, 5.41) is 0. The molecule has 0 unspecified atom stereocenters. The molecule has 4 heteroatoms. The second kappa shape index (κ2) is 4.09. The predicted molar refractivity (Wildman–Crippen MR) is 51.8 cm³/mol. The van der Waals surface area contributed by atoms with Crippen molar-refractivity contribution in [3.63, 3.8) is 0 Å². The molecular weight excluding hydrogens is 233 g/mol. The maximum absolute atomic E-state index is 10.5. The third-order valence-corrected chi connectivity index (χ3v) is 4.30. The number of nitrogens with zero attached hydrogens (tertiary/aromatic N) is 1. The van der Waals surface area contributed by atoms with Gasteiger partial charge in [0.2, 0.25) is 0 Å². The fourth-order valence-corrected chi connectivity index (χ4v) is 3.19. The van der Waals surface area contributed by atoms with Crippen LogP contribution in [0.4, 0.5) is 4.56 Å². The van der Waals surface area contributed by atoms with Gasteiger partial charge in [-0.25, -0.2) is 0 Å². The summed E-state index contributed by atoms with van der Waals surface area (Å²) in [7, 11) is 0. The summed E-state index contributed by atoms with van der Waals surface area (Å²) < 4.78 is 7.52. The van der Waals surface area contributed by atoms with Crippen LogP contribution >= 0.6 is 0 Å². The quantitative estimate of drug-likeness (QED) is 0.557. The number of aldehydes is 1. The third-order valence-electron chi connectivity index (χ3n) is 2.05. The molecule has 2 heterocycles. The summed E-state index contributed by atoms with van der Waals surface area (Å²) in [5.74, 6) is 0. The summed E-state index contributed by atoms with van der Waals surface area (Å²) >= 11 is 0.235. The molecule has 1 fully saturated rings. The molecule has 1 saturated heterocycles. The van der Waals surface area contributed by atoms with Crippen LogP contribution in [0.5, 0.6) is 0 Å². The normalized spacial score (nSPS) is 17.4. The molecular formula is C9H11NO2Se. The predicted octanol–water partition coefficient (Wildman–Crippen LogP) is 0.393. The monoisotopic (exact) mass is 245 g/mol. The molecule has 0 bridgehead atoms. The number of ether oxygens (including phenoxy) is 1. The van der Waals surface area contributed by atoms with Crippen LogP contribution in [0.1, 0.15) is 9.23 Å². The van der Waals surface area contributed by atoms with Crippen molar-refractivity contribution in [1.29, 1.82) is 0 Å². The number of carbonyl (C=O) groups is 1. The Balaban J connectivity index is 2.09. The van der Waals surface area contributed by atoms with E-state index in [0.29, 0.717) is 0 Å². The molecule has 0 amide bonds. The molecule has 1 aliphatic rings. The van der Waals surface area contributed by atoms with Crippen molar-refractivity contribution in [1.82, 2.24) is 0 Å². The number of morpholine rings is 1. The van der Waals surface area contributed by atoms with Crippen molar-refractivity contribution >= 4 is 25.4 Å². The Labute approximate surface area is 83.0 Å². The van der Waals surface area contributed by atoms with Gasteiger partial charge in [0.05, 0.1) is 0 Å². The van der Waals surface area contributed by atoms with Crippen molar-refractivity contribution in [2.24, 2.45) is 0 Å². The van der Waals surface area contributed by atoms with Gasteiger partial charge in [0.15, 0.2) is 0 Å². The van der Waals surface area contributed by atoms with Crippen molar-refractivity contribution in [3.05, 3.63) is 16.6 Å². The summed E-state index contributed by atoms with van der Waals surface area (Å²) in [6.45, 7) is 3.55. The Morgan fingerprint density at radius 2 is 2.15 bits per heavy atom. The van der Waals surface area contributed by atoms with Crippen LogP contribution in [0.3, 0.4) is 0 Å². The second-order valence-corrected chi connectivity index (χ2v) is 5.19. The Bertz CT molecular complexity index is 292. The first-order valence-electron chi connectivity index (χ1n) is 4.28.